The van der Waals surface area contributed by atoms with Gasteiger partial charge in [0, 0.05) is 6.04 Å². The van der Waals surface area contributed by atoms with Gasteiger partial charge in [-0.15, -0.1) is 0 Å². The number of hydrogen-bond acceptors (Lipinski definition) is 5. The van der Waals surface area contributed by atoms with E-state index in [4.69, 9.17) is 9.47 Å². The van der Waals surface area contributed by atoms with Crippen molar-refractivity contribution in [2.75, 3.05) is 6.54 Å². The highest BCUT2D eigenvalue weighted by Gasteiger charge is 2.43. The highest BCUT2D eigenvalue weighted by molar-refractivity contribution is 5.92. The van der Waals surface area contributed by atoms with Crippen LogP contribution in [0, 0.1) is 5.95 Å². The van der Waals surface area contributed by atoms with E-state index in [2.05, 4.69) is 10.3 Å². The Hall–Kier alpha value is -2.38. The molecule has 1 saturated heterocycles. The Morgan fingerprint density at radius 2 is 2.00 bits per heavy atom. The van der Waals surface area contributed by atoms with Gasteiger partial charge in [0.25, 0.3) is 11.9 Å². The molecule has 0 spiro atoms. The van der Waals surface area contributed by atoms with Crippen molar-refractivity contribution in [1.29, 1.82) is 0 Å². The Morgan fingerprint density at radius 1 is 1.31 bits per heavy atom. The van der Waals surface area contributed by atoms with Gasteiger partial charge in [-0.05, 0) is 52.7 Å². The standard InChI is InChI=1S/C18H24FN3O4/c1-10-14(9-22(10)17(24)26-18(2,3)4)25-13-8-7-12(21-15(13)19)16(23)20-11-5-6-11/h7-8,10-11,14H,5-6,9H2,1-4H3,(H,20,23)/t10-,14+/m1/s1. The van der Waals surface area contributed by atoms with Crippen molar-refractivity contribution in [3.63, 3.8) is 0 Å². The molecule has 0 aromatic carbocycles. The molecule has 1 aliphatic carbocycles. The minimum atomic E-state index is -0.837. The van der Waals surface area contributed by atoms with Crippen molar-refractivity contribution >= 4 is 12.0 Å². The van der Waals surface area contributed by atoms with Crippen LogP contribution in [-0.4, -0.2) is 52.2 Å². The molecule has 8 heteroatoms. The lowest BCUT2D eigenvalue weighted by Gasteiger charge is -2.45. The maximum Gasteiger partial charge on any atom is 0.410 e. The van der Waals surface area contributed by atoms with Crippen LogP contribution in [0.3, 0.4) is 0 Å². The minimum Gasteiger partial charge on any atom is -0.482 e. The van der Waals surface area contributed by atoms with Crippen LogP contribution >= 0.6 is 0 Å². The number of halogens is 1. The Morgan fingerprint density at radius 3 is 2.54 bits per heavy atom. The molecule has 26 heavy (non-hydrogen) atoms. The van der Waals surface area contributed by atoms with Crippen LogP contribution in [0.15, 0.2) is 12.1 Å². The molecule has 7 nitrogen and oxygen atoms in total. The average Bonchev–Trinajstić information content (AvgIpc) is 3.33. The first-order valence-electron chi connectivity index (χ1n) is 8.78. The summed E-state index contributed by atoms with van der Waals surface area (Å²) in [5.41, 5.74) is -0.547. The molecule has 2 fully saturated rings. The normalized spacial score (nSPS) is 22.4. The molecule has 2 amide bonds. The number of carbonyl (C=O) groups is 2. The van der Waals surface area contributed by atoms with Crippen molar-refractivity contribution in [1.82, 2.24) is 15.2 Å². The number of pyridine rings is 1. The molecular weight excluding hydrogens is 341 g/mol. The molecule has 0 unspecified atom stereocenters. The van der Waals surface area contributed by atoms with Crippen molar-refractivity contribution < 1.29 is 23.5 Å². The smallest absolute Gasteiger partial charge is 0.410 e. The van der Waals surface area contributed by atoms with Gasteiger partial charge in [-0.3, -0.25) is 9.69 Å². The number of nitrogens with one attached hydrogen (secondary N) is 1. The number of likely N-dealkylation sites (tertiary alicyclic amines) is 1. The van der Waals surface area contributed by atoms with Crippen molar-refractivity contribution in [3.8, 4) is 5.75 Å². The fourth-order valence-corrected chi connectivity index (χ4v) is 2.56. The zero-order valence-corrected chi connectivity index (χ0v) is 15.4. The Balaban J connectivity index is 1.56. The van der Waals surface area contributed by atoms with Gasteiger partial charge < -0.3 is 14.8 Å². The fourth-order valence-electron chi connectivity index (χ4n) is 2.56. The van der Waals surface area contributed by atoms with Gasteiger partial charge in [-0.1, -0.05) is 0 Å². The van der Waals surface area contributed by atoms with Crippen molar-refractivity contribution in [3.05, 3.63) is 23.8 Å². The molecule has 142 valence electrons. The van der Waals surface area contributed by atoms with Gasteiger partial charge in [-0.2, -0.15) is 4.39 Å². The summed E-state index contributed by atoms with van der Waals surface area (Å²) < 4.78 is 25.1. The second-order valence-electron chi connectivity index (χ2n) is 7.76. The summed E-state index contributed by atoms with van der Waals surface area (Å²) in [6, 6.07) is 2.76. The summed E-state index contributed by atoms with van der Waals surface area (Å²) >= 11 is 0. The van der Waals surface area contributed by atoms with E-state index in [1.54, 1.807) is 27.7 Å². The lowest BCUT2D eigenvalue weighted by molar-refractivity contribution is -0.0547. The number of nitrogens with zero attached hydrogens (tertiary/aromatic N) is 2. The molecule has 1 saturated carbocycles. The summed E-state index contributed by atoms with van der Waals surface area (Å²) in [7, 11) is 0. The number of amides is 2. The maximum atomic E-state index is 14.2. The van der Waals surface area contributed by atoms with E-state index < -0.39 is 17.6 Å². The minimum absolute atomic E-state index is 0.0267. The predicted molar refractivity (Wildman–Crippen MR) is 91.5 cm³/mol. The Kier molecular flexibility index (Phi) is 4.77. The van der Waals surface area contributed by atoms with E-state index in [0.29, 0.717) is 6.54 Å². The molecule has 0 bridgehead atoms. The third-order valence-corrected chi connectivity index (χ3v) is 4.27. The summed E-state index contributed by atoms with van der Waals surface area (Å²) in [4.78, 5) is 29.1. The Labute approximate surface area is 151 Å². The third-order valence-electron chi connectivity index (χ3n) is 4.27. The maximum absolute atomic E-state index is 14.2. The fraction of sp³-hybridized carbons (Fsp3) is 0.611. The Bertz CT molecular complexity index is 715. The van der Waals surface area contributed by atoms with Gasteiger partial charge in [0.1, 0.15) is 17.4 Å². The van der Waals surface area contributed by atoms with Gasteiger partial charge >= 0.3 is 6.09 Å². The van der Waals surface area contributed by atoms with Gasteiger partial charge in [-0.25, -0.2) is 9.78 Å². The van der Waals surface area contributed by atoms with Crippen LogP contribution in [0.2, 0.25) is 0 Å². The zero-order valence-electron chi connectivity index (χ0n) is 15.4. The van der Waals surface area contributed by atoms with Crippen LogP contribution in [-0.2, 0) is 4.74 Å². The highest BCUT2D eigenvalue weighted by atomic mass is 19.1. The van der Waals surface area contributed by atoms with Crippen LogP contribution in [0.5, 0.6) is 5.75 Å². The van der Waals surface area contributed by atoms with E-state index in [-0.39, 0.29) is 35.5 Å². The van der Waals surface area contributed by atoms with Gasteiger partial charge in [0.15, 0.2) is 5.75 Å². The molecule has 2 aliphatic rings. The lowest BCUT2D eigenvalue weighted by Crippen LogP contribution is -2.63. The highest BCUT2D eigenvalue weighted by Crippen LogP contribution is 2.27. The monoisotopic (exact) mass is 365 g/mol. The second kappa shape index (κ2) is 6.74. The summed E-state index contributed by atoms with van der Waals surface area (Å²) in [5.74, 6) is -1.25. The van der Waals surface area contributed by atoms with Crippen LogP contribution in [0.4, 0.5) is 9.18 Å². The first-order valence-corrected chi connectivity index (χ1v) is 8.78. The topological polar surface area (TPSA) is 80.8 Å². The average molecular weight is 365 g/mol. The lowest BCUT2D eigenvalue weighted by atomic mass is 10.0. The molecule has 2 heterocycles. The molecule has 1 N–H and O–H groups in total. The van der Waals surface area contributed by atoms with E-state index >= 15 is 0 Å². The SMILES string of the molecule is C[C@@H]1[C@@H](Oc2ccc(C(=O)NC3CC3)nc2F)CN1C(=O)OC(C)(C)C. The van der Waals surface area contributed by atoms with E-state index in [0.717, 1.165) is 12.8 Å². The number of ether oxygens (including phenoxy) is 2. The van der Waals surface area contributed by atoms with Crippen molar-refractivity contribution in [2.24, 2.45) is 0 Å². The summed E-state index contributed by atoms with van der Waals surface area (Å²) in [6.45, 7) is 7.50. The first-order chi connectivity index (χ1) is 12.1. The second-order valence-corrected chi connectivity index (χ2v) is 7.76. The number of carbonyl (C=O) groups excluding carboxylic acids is 2. The first kappa shape index (κ1) is 18.4. The van der Waals surface area contributed by atoms with Gasteiger partial charge in [0.2, 0.25) is 0 Å². The molecular formula is C18H24FN3O4. The van der Waals surface area contributed by atoms with Crippen LogP contribution in [0.1, 0.15) is 51.0 Å². The summed E-state index contributed by atoms with van der Waals surface area (Å²) in [5, 5.41) is 2.76. The number of aromatic nitrogens is 1. The van der Waals surface area contributed by atoms with Crippen LogP contribution < -0.4 is 10.1 Å². The molecule has 0 radical (unpaired) electrons. The molecule has 1 aliphatic heterocycles. The van der Waals surface area contributed by atoms with Crippen LogP contribution in [0.25, 0.3) is 0 Å². The third kappa shape index (κ3) is 4.23. The molecule has 1 aromatic heterocycles. The summed E-state index contributed by atoms with van der Waals surface area (Å²) in [6.07, 6.45) is 1.12. The van der Waals surface area contributed by atoms with E-state index in [1.807, 2.05) is 0 Å². The molecule has 1 aromatic rings. The van der Waals surface area contributed by atoms with Gasteiger partial charge in [0.05, 0.1) is 12.6 Å². The predicted octanol–water partition coefficient (Wildman–Crippen LogP) is 2.50. The van der Waals surface area contributed by atoms with E-state index in [9.17, 15) is 14.0 Å². The number of rotatable bonds is 4. The molecule has 3 rings (SSSR count). The zero-order chi connectivity index (χ0) is 19.1. The largest absolute Gasteiger partial charge is 0.482 e. The number of hydrogen-bond donors (Lipinski definition) is 1. The van der Waals surface area contributed by atoms with Crippen molar-refractivity contribution in [2.45, 2.75) is 64.3 Å². The van der Waals surface area contributed by atoms with E-state index in [1.165, 1.54) is 17.0 Å². The quantitative estimate of drug-likeness (QED) is 0.829. The molecule has 2 atom stereocenters.